The summed E-state index contributed by atoms with van der Waals surface area (Å²) in [5, 5.41) is 2.57. The van der Waals surface area contributed by atoms with Gasteiger partial charge in [-0.2, -0.15) is 0 Å². The molecule has 0 unspecified atom stereocenters. The highest BCUT2D eigenvalue weighted by Gasteiger charge is 2.02. The third-order valence-electron chi connectivity index (χ3n) is 3.03. The summed E-state index contributed by atoms with van der Waals surface area (Å²) >= 11 is 0. The van der Waals surface area contributed by atoms with Gasteiger partial charge >= 0.3 is 0 Å². The van der Waals surface area contributed by atoms with E-state index in [4.69, 9.17) is 0 Å². The van der Waals surface area contributed by atoms with Gasteiger partial charge in [0.15, 0.2) is 0 Å². The molecule has 0 N–H and O–H groups in total. The lowest BCUT2D eigenvalue weighted by atomic mass is 9.97. The summed E-state index contributed by atoms with van der Waals surface area (Å²) in [5.74, 6) is 0. The van der Waals surface area contributed by atoms with Crippen molar-refractivity contribution in [1.82, 2.24) is 0 Å². The van der Waals surface area contributed by atoms with Crippen LogP contribution in [0.2, 0.25) is 0 Å². The van der Waals surface area contributed by atoms with Crippen LogP contribution in [0.15, 0.2) is 66.7 Å². The summed E-state index contributed by atoms with van der Waals surface area (Å²) < 4.78 is 0. The van der Waals surface area contributed by atoms with E-state index in [0.29, 0.717) is 0 Å². The lowest BCUT2D eigenvalue weighted by molar-refractivity contribution is 1.59. The zero-order chi connectivity index (χ0) is 11.7. The highest BCUT2D eigenvalue weighted by atomic mass is 14.1. The van der Waals surface area contributed by atoms with E-state index in [9.17, 15) is 0 Å². The predicted octanol–water partition coefficient (Wildman–Crippen LogP) is 4.69. The Hall–Kier alpha value is -2.08. The third kappa shape index (κ3) is 1.83. The first-order valence-corrected chi connectivity index (χ1v) is 5.75. The van der Waals surface area contributed by atoms with Crippen molar-refractivity contribution in [2.45, 2.75) is 0 Å². The quantitative estimate of drug-likeness (QED) is 0.554. The van der Waals surface area contributed by atoms with Crippen LogP contribution in [-0.4, -0.2) is 0 Å². The average molecular weight is 217 g/mol. The first kappa shape index (κ1) is 10.1. The van der Waals surface area contributed by atoms with Crippen LogP contribution >= 0.6 is 0 Å². The molecule has 3 rings (SSSR count). The molecule has 3 aromatic rings. The molecule has 0 nitrogen and oxygen atoms in total. The number of hydrogen-bond acceptors (Lipinski definition) is 0. The van der Waals surface area contributed by atoms with E-state index in [1.165, 1.54) is 21.9 Å². The number of hydrogen-bond donors (Lipinski definition) is 0. The van der Waals surface area contributed by atoms with Crippen molar-refractivity contribution in [2.24, 2.45) is 0 Å². The second-order valence-electron chi connectivity index (χ2n) is 4.23. The first-order chi connectivity index (χ1) is 8.34. The van der Waals surface area contributed by atoms with Gasteiger partial charge in [0.05, 0.1) is 0 Å². The Morgan fingerprint density at radius 3 is 2.35 bits per heavy atom. The maximum absolute atomic E-state index is 3.99. The topological polar surface area (TPSA) is 0 Å². The second-order valence-corrected chi connectivity index (χ2v) is 4.23. The zero-order valence-electron chi connectivity index (χ0n) is 9.56. The van der Waals surface area contributed by atoms with Crippen LogP contribution in [0.1, 0.15) is 5.56 Å². The third-order valence-corrected chi connectivity index (χ3v) is 3.03. The van der Waals surface area contributed by atoms with Crippen LogP contribution in [0.5, 0.6) is 0 Å². The van der Waals surface area contributed by atoms with Crippen LogP contribution in [0.25, 0.3) is 21.9 Å². The minimum absolute atomic E-state index is 1.05. The van der Waals surface area contributed by atoms with Crippen molar-refractivity contribution in [1.29, 1.82) is 0 Å². The molecule has 0 aromatic heterocycles. The average Bonchev–Trinajstić information content (AvgIpc) is 2.38. The van der Waals surface area contributed by atoms with Crippen molar-refractivity contribution in [2.75, 3.05) is 0 Å². The molecule has 0 heteroatoms. The van der Waals surface area contributed by atoms with Gasteiger partial charge in [-0.25, -0.2) is 0 Å². The summed E-state index contributed by atoms with van der Waals surface area (Å²) in [5.41, 5.74) is 3.55. The molecule has 0 bridgehead atoms. The van der Waals surface area contributed by atoms with Crippen LogP contribution in [-0.2, 0) is 0 Å². The molecule has 0 saturated heterocycles. The van der Waals surface area contributed by atoms with Crippen LogP contribution < -0.4 is 0 Å². The van der Waals surface area contributed by atoms with Crippen LogP contribution in [0, 0.1) is 6.92 Å². The Labute approximate surface area is 102 Å². The highest BCUT2D eigenvalue weighted by molar-refractivity contribution is 5.96. The molecule has 0 aliphatic heterocycles. The standard InChI is InChI=1S/C17H13/c1-13-6-4-9-15(12-13)17-11-5-8-14-7-2-3-10-16(14)17/h2-12H,1H2. The molecule has 0 amide bonds. The Morgan fingerprint density at radius 1 is 0.706 bits per heavy atom. The largest absolute Gasteiger partial charge is 0.0616 e. The maximum atomic E-state index is 3.99. The van der Waals surface area contributed by atoms with Crippen molar-refractivity contribution in [3.63, 3.8) is 0 Å². The fraction of sp³-hybridized carbons (Fsp3) is 0. The molecule has 0 saturated carbocycles. The van der Waals surface area contributed by atoms with E-state index in [1.807, 2.05) is 6.07 Å². The minimum Gasteiger partial charge on any atom is -0.0616 e. The molecule has 81 valence electrons. The maximum Gasteiger partial charge on any atom is -0.0105 e. The van der Waals surface area contributed by atoms with E-state index >= 15 is 0 Å². The van der Waals surface area contributed by atoms with Gasteiger partial charge in [-0.3, -0.25) is 0 Å². The molecular formula is C17H13. The van der Waals surface area contributed by atoms with Crippen LogP contribution in [0.4, 0.5) is 0 Å². The molecule has 0 aliphatic rings. The van der Waals surface area contributed by atoms with Gasteiger partial charge in [-0.1, -0.05) is 66.7 Å². The van der Waals surface area contributed by atoms with Crippen molar-refractivity contribution in [3.8, 4) is 11.1 Å². The molecule has 17 heavy (non-hydrogen) atoms. The number of rotatable bonds is 1. The van der Waals surface area contributed by atoms with Gasteiger partial charge in [-0.15, -0.1) is 0 Å². The summed E-state index contributed by atoms with van der Waals surface area (Å²) in [7, 11) is 0. The number of fused-ring (bicyclic) bond motifs is 1. The van der Waals surface area contributed by atoms with E-state index in [1.54, 1.807) is 0 Å². The monoisotopic (exact) mass is 217 g/mol. The molecule has 0 aliphatic carbocycles. The first-order valence-electron chi connectivity index (χ1n) is 5.75. The summed E-state index contributed by atoms with van der Waals surface area (Å²) in [6.07, 6.45) is 0. The Balaban J connectivity index is 2.30. The summed E-state index contributed by atoms with van der Waals surface area (Å²) in [6, 6.07) is 23.2. The second kappa shape index (κ2) is 4.06. The predicted molar refractivity (Wildman–Crippen MR) is 73.8 cm³/mol. The van der Waals surface area contributed by atoms with Crippen molar-refractivity contribution in [3.05, 3.63) is 79.2 Å². The highest BCUT2D eigenvalue weighted by Crippen LogP contribution is 2.28. The Bertz CT molecular complexity index is 660. The normalized spacial score (nSPS) is 10.6. The Kier molecular flexibility index (Phi) is 2.41. The molecule has 0 spiro atoms. The van der Waals surface area contributed by atoms with Gasteiger partial charge in [0.2, 0.25) is 0 Å². The lowest BCUT2D eigenvalue weighted by Crippen LogP contribution is -1.82. The minimum atomic E-state index is 1.05. The summed E-state index contributed by atoms with van der Waals surface area (Å²) in [6.45, 7) is 3.99. The van der Waals surface area contributed by atoms with Gasteiger partial charge in [0.25, 0.3) is 0 Å². The van der Waals surface area contributed by atoms with Gasteiger partial charge in [0, 0.05) is 0 Å². The molecule has 3 aromatic carbocycles. The van der Waals surface area contributed by atoms with Gasteiger partial charge < -0.3 is 0 Å². The zero-order valence-corrected chi connectivity index (χ0v) is 9.56. The van der Waals surface area contributed by atoms with Gasteiger partial charge in [0.1, 0.15) is 0 Å². The Morgan fingerprint density at radius 2 is 1.47 bits per heavy atom. The molecule has 1 radical (unpaired) electrons. The van der Waals surface area contributed by atoms with Crippen LogP contribution in [0.3, 0.4) is 0 Å². The number of benzene rings is 3. The fourth-order valence-corrected chi connectivity index (χ4v) is 2.22. The van der Waals surface area contributed by atoms with Gasteiger partial charge in [-0.05, 0) is 34.4 Å². The van der Waals surface area contributed by atoms with E-state index in [-0.39, 0.29) is 0 Å². The summed E-state index contributed by atoms with van der Waals surface area (Å²) in [4.78, 5) is 0. The molecule has 0 fully saturated rings. The molecule has 0 atom stereocenters. The van der Waals surface area contributed by atoms with E-state index in [2.05, 4.69) is 67.6 Å². The SMILES string of the molecule is [CH2]c1cccc(-c2cccc3ccccc23)c1. The van der Waals surface area contributed by atoms with E-state index in [0.717, 1.165) is 5.56 Å². The molecular weight excluding hydrogens is 204 g/mol. The lowest BCUT2D eigenvalue weighted by Gasteiger charge is -2.07. The van der Waals surface area contributed by atoms with E-state index < -0.39 is 0 Å². The fourth-order valence-electron chi connectivity index (χ4n) is 2.22. The molecule has 0 heterocycles. The van der Waals surface area contributed by atoms with Crippen molar-refractivity contribution < 1.29 is 0 Å². The van der Waals surface area contributed by atoms with Crippen molar-refractivity contribution >= 4 is 10.8 Å². The smallest absolute Gasteiger partial charge is 0.0105 e.